The summed E-state index contributed by atoms with van der Waals surface area (Å²) < 4.78 is 0. The zero-order chi connectivity index (χ0) is 12.8. The molecule has 1 aromatic rings. The molecule has 0 aromatic heterocycles. The minimum absolute atomic E-state index is 0.0155. The predicted molar refractivity (Wildman–Crippen MR) is 67.9 cm³/mol. The molecule has 17 heavy (non-hydrogen) atoms. The normalized spacial score (nSPS) is 13.2. The Labute approximate surface area is 109 Å². The molecule has 0 saturated carbocycles. The van der Waals surface area contributed by atoms with E-state index in [0.29, 0.717) is 21.3 Å². The van der Waals surface area contributed by atoms with Crippen molar-refractivity contribution in [3.05, 3.63) is 33.8 Å². The molecule has 0 radical (unpaired) electrons. The molecule has 0 spiro atoms. The summed E-state index contributed by atoms with van der Waals surface area (Å²) in [5.41, 5.74) is 3.35. The number of nitrogens with one attached hydrogen (secondary N) is 1. The molecule has 6 heteroatoms. The first-order valence-electron chi connectivity index (χ1n) is 4.86. The molecule has 0 fully saturated rings. The molecule has 4 nitrogen and oxygen atoms in total. The highest BCUT2D eigenvalue weighted by molar-refractivity contribution is 6.42. The molecule has 1 aromatic carbocycles. The maximum Gasteiger partial charge on any atom is 0.126 e. The number of nitrogens with zero attached hydrogens (tertiary/aromatic N) is 2. The Balaban J connectivity index is 3.14. The van der Waals surface area contributed by atoms with Crippen molar-refractivity contribution in [3.8, 4) is 6.07 Å². The van der Waals surface area contributed by atoms with Crippen molar-refractivity contribution in [2.24, 2.45) is 4.99 Å². The average Bonchev–Trinajstić information content (AvgIpc) is 2.33. The van der Waals surface area contributed by atoms with E-state index in [1.807, 2.05) is 6.07 Å². The first-order chi connectivity index (χ1) is 8.10. The van der Waals surface area contributed by atoms with Crippen molar-refractivity contribution in [3.63, 3.8) is 0 Å². The van der Waals surface area contributed by atoms with Gasteiger partial charge in [0.15, 0.2) is 0 Å². The summed E-state index contributed by atoms with van der Waals surface area (Å²) in [5.74, 6) is 0. The van der Waals surface area contributed by atoms with Gasteiger partial charge in [0.05, 0.1) is 27.9 Å². The van der Waals surface area contributed by atoms with Gasteiger partial charge < -0.3 is 5.21 Å². The van der Waals surface area contributed by atoms with Crippen LogP contribution in [0.3, 0.4) is 0 Å². The van der Waals surface area contributed by atoms with Gasteiger partial charge in [-0.3, -0.25) is 4.99 Å². The molecule has 1 atom stereocenters. The number of aliphatic imine (C=N–C) groups is 1. The molecule has 2 N–H and O–H groups in total. The molecule has 0 aliphatic rings. The van der Waals surface area contributed by atoms with E-state index in [1.165, 1.54) is 0 Å². The molecule has 0 bridgehead atoms. The highest BCUT2D eigenvalue weighted by Crippen LogP contribution is 2.23. The van der Waals surface area contributed by atoms with Gasteiger partial charge >= 0.3 is 0 Å². The van der Waals surface area contributed by atoms with E-state index in [1.54, 1.807) is 25.1 Å². The van der Waals surface area contributed by atoms with Gasteiger partial charge in [0.25, 0.3) is 0 Å². The molecule has 0 amide bonds. The van der Waals surface area contributed by atoms with Crippen molar-refractivity contribution in [2.75, 3.05) is 6.54 Å². The number of hydrogen-bond donors (Lipinski definition) is 2. The zero-order valence-electron chi connectivity index (χ0n) is 9.11. The minimum Gasteiger partial charge on any atom is -0.316 e. The first-order valence-corrected chi connectivity index (χ1v) is 5.62. The van der Waals surface area contributed by atoms with Crippen molar-refractivity contribution < 1.29 is 5.21 Å². The highest BCUT2D eigenvalue weighted by atomic mass is 35.5. The first kappa shape index (κ1) is 13.9. The Morgan fingerprint density at radius 1 is 1.53 bits per heavy atom. The fourth-order valence-electron chi connectivity index (χ4n) is 1.32. The Morgan fingerprint density at radius 3 is 2.76 bits per heavy atom. The van der Waals surface area contributed by atoms with E-state index in [9.17, 15) is 0 Å². The molecule has 0 saturated heterocycles. The summed E-state index contributed by atoms with van der Waals surface area (Å²) in [7, 11) is 0. The van der Waals surface area contributed by atoms with Crippen LogP contribution in [0.15, 0.2) is 23.2 Å². The molecule has 0 aliphatic carbocycles. The predicted octanol–water partition coefficient (Wildman–Crippen LogP) is 2.67. The molecule has 1 unspecified atom stereocenters. The lowest BCUT2D eigenvalue weighted by molar-refractivity contribution is 0.155. The number of hydroxylamine groups is 1. The number of benzene rings is 1. The SMILES string of the molecule is CC(NO)C(=NCC#N)c1ccc(Cl)c(Cl)c1. The minimum atomic E-state index is -0.402. The third kappa shape index (κ3) is 3.69. The molecule has 1 rings (SSSR count). The Morgan fingerprint density at radius 2 is 2.24 bits per heavy atom. The molecular formula is C11H11Cl2N3O. The monoisotopic (exact) mass is 271 g/mol. The molecule has 90 valence electrons. The van der Waals surface area contributed by atoms with Crippen molar-refractivity contribution >= 4 is 28.9 Å². The van der Waals surface area contributed by atoms with E-state index in [2.05, 4.69) is 10.5 Å². The summed E-state index contributed by atoms with van der Waals surface area (Å²) >= 11 is 11.7. The Kier molecular flexibility index (Phi) is 5.39. The van der Waals surface area contributed by atoms with E-state index >= 15 is 0 Å². The quantitative estimate of drug-likeness (QED) is 0.503. The van der Waals surface area contributed by atoms with Gasteiger partial charge in [0, 0.05) is 0 Å². The van der Waals surface area contributed by atoms with Crippen molar-refractivity contribution in [2.45, 2.75) is 13.0 Å². The lowest BCUT2D eigenvalue weighted by Gasteiger charge is -2.13. The zero-order valence-corrected chi connectivity index (χ0v) is 10.6. The molecule has 0 heterocycles. The van der Waals surface area contributed by atoms with Gasteiger partial charge in [0.1, 0.15) is 6.54 Å². The van der Waals surface area contributed by atoms with E-state index < -0.39 is 6.04 Å². The Hall–Kier alpha value is -1.12. The molecule has 0 aliphatic heterocycles. The second kappa shape index (κ2) is 6.58. The van der Waals surface area contributed by atoms with Crippen LogP contribution in [0.1, 0.15) is 12.5 Å². The van der Waals surface area contributed by atoms with Crippen molar-refractivity contribution in [1.82, 2.24) is 5.48 Å². The van der Waals surface area contributed by atoms with Crippen LogP contribution in [0, 0.1) is 11.3 Å². The van der Waals surface area contributed by atoms with Gasteiger partial charge in [0.2, 0.25) is 0 Å². The third-order valence-electron chi connectivity index (χ3n) is 2.14. The summed E-state index contributed by atoms with van der Waals surface area (Å²) in [6, 6.07) is 6.54. The smallest absolute Gasteiger partial charge is 0.126 e. The summed E-state index contributed by atoms with van der Waals surface area (Å²) in [5, 5.41) is 18.3. The van der Waals surface area contributed by atoms with Gasteiger partial charge in [-0.15, -0.1) is 0 Å². The molecular weight excluding hydrogens is 261 g/mol. The second-order valence-corrected chi connectivity index (χ2v) is 4.15. The standard InChI is InChI=1S/C11H11Cl2N3O/c1-7(16-17)11(15-5-4-14)8-2-3-9(12)10(13)6-8/h2-3,6-7,16-17H,5H2,1H3. The maximum absolute atomic E-state index is 8.92. The van der Waals surface area contributed by atoms with E-state index in [4.69, 9.17) is 33.7 Å². The van der Waals surface area contributed by atoms with Crippen LogP contribution < -0.4 is 5.48 Å². The van der Waals surface area contributed by atoms with Gasteiger partial charge in [-0.1, -0.05) is 29.3 Å². The summed E-state index contributed by atoms with van der Waals surface area (Å²) in [6.45, 7) is 1.74. The van der Waals surface area contributed by atoms with Crippen LogP contribution in [-0.2, 0) is 0 Å². The van der Waals surface area contributed by atoms with Crippen LogP contribution in [0.5, 0.6) is 0 Å². The summed E-state index contributed by atoms with van der Waals surface area (Å²) in [4.78, 5) is 4.09. The average molecular weight is 272 g/mol. The van der Waals surface area contributed by atoms with Crippen LogP contribution in [0.25, 0.3) is 0 Å². The lowest BCUT2D eigenvalue weighted by atomic mass is 10.0. The van der Waals surface area contributed by atoms with Gasteiger partial charge in [-0.2, -0.15) is 10.7 Å². The maximum atomic E-state index is 8.92. The van der Waals surface area contributed by atoms with Crippen LogP contribution >= 0.6 is 23.2 Å². The van der Waals surface area contributed by atoms with Crippen molar-refractivity contribution in [1.29, 1.82) is 5.26 Å². The van der Waals surface area contributed by atoms with Gasteiger partial charge in [-0.25, -0.2) is 0 Å². The lowest BCUT2D eigenvalue weighted by Crippen LogP contribution is -2.32. The van der Waals surface area contributed by atoms with Crippen LogP contribution in [0.4, 0.5) is 0 Å². The fraction of sp³-hybridized carbons (Fsp3) is 0.273. The number of hydrogen-bond acceptors (Lipinski definition) is 4. The second-order valence-electron chi connectivity index (χ2n) is 3.34. The number of halogens is 2. The Bertz CT molecular complexity index is 468. The number of rotatable bonds is 4. The largest absolute Gasteiger partial charge is 0.316 e. The number of nitriles is 1. The van der Waals surface area contributed by atoms with Crippen LogP contribution in [-0.4, -0.2) is 23.5 Å². The van der Waals surface area contributed by atoms with Crippen LogP contribution in [0.2, 0.25) is 10.0 Å². The van der Waals surface area contributed by atoms with Gasteiger partial charge in [-0.05, 0) is 24.6 Å². The van der Waals surface area contributed by atoms with E-state index in [-0.39, 0.29) is 6.54 Å². The summed E-state index contributed by atoms with van der Waals surface area (Å²) in [6.07, 6.45) is 0. The highest BCUT2D eigenvalue weighted by Gasteiger charge is 2.13. The third-order valence-corrected chi connectivity index (χ3v) is 2.88. The van der Waals surface area contributed by atoms with E-state index in [0.717, 1.165) is 0 Å². The fourth-order valence-corrected chi connectivity index (χ4v) is 1.61. The topological polar surface area (TPSA) is 68.4 Å².